The van der Waals surface area contributed by atoms with E-state index in [1.165, 1.54) is 10.5 Å². The Bertz CT molecular complexity index is 818. The van der Waals surface area contributed by atoms with E-state index < -0.39 is 10.0 Å². The first kappa shape index (κ1) is 14.3. The van der Waals surface area contributed by atoms with E-state index in [1.807, 2.05) is 0 Å². The van der Waals surface area contributed by atoms with Gasteiger partial charge >= 0.3 is 0 Å². The number of rotatable bonds is 2. The van der Waals surface area contributed by atoms with Gasteiger partial charge in [0.05, 0.1) is 0 Å². The Morgan fingerprint density at radius 2 is 1.76 bits per heavy atom. The largest absolute Gasteiger partial charge is 0.327 e. The molecule has 6 heteroatoms. The number of hydrogen-bond donors (Lipinski definition) is 1. The lowest BCUT2D eigenvalue weighted by atomic mass is 10.0. The SMILES string of the molecule is CC1CCN(S(=O)(=O)c2c[nH]c(=O)c3ccccc23)CC1. The normalized spacial score (nSPS) is 18.1. The molecule has 1 aliphatic heterocycles. The first-order chi connectivity index (χ1) is 10.00. The smallest absolute Gasteiger partial charge is 0.255 e. The summed E-state index contributed by atoms with van der Waals surface area (Å²) in [6, 6.07) is 6.81. The van der Waals surface area contributed by atoms with Crippen LogP contribution in [-0.2, 0) is 10.0 Å². The van der Waals surface area contributed by atoms with Gasteiger partial charge in [-0.2, -0.15) is 4.31 Å². The van der Waals surface area contributed by atoms with E-state index in [0.717, 1.165) is 12.8 Å². The monoisotopic (exact) mass is 306 g/mol. The van der Waals surface area contributed by atoms with Crippen molar-refractivity contribution in [3.8, 4) is 0 Å². The minimum atomic E-state index is -3.57. The van der Waals surface area contributed by atoms with Crippen LogP contribution in [0.3, 0.4) is 0 Å². The van der Waals surface area contributed by atoms with Crippen LogP contribution >= 0.6 is 0 Å². The van der Waals surface area contributed by atoms with Crippen LogP contribution in [0.25, 0.3) is 10.8 Å². The first-order valence-electron chi connectivity index (χ1n) is 7.11. The maximum Gasteiger partial charge on any atom is 0.255 e. The van der Waals surface area contributed by atoms with Crippen molar-refractivity contribution in [3.05, 3.63) is 40.8 Å². The van der Waals surface area contributed by atoms with Gasteiger partial charge in [-0.15, -0.1) is 0 Å². The highest BCUT2D eigenvalue weighted by Gasteiger charge is 2.29. The van der Waals surface area contributed by atoms with Crippen LogP contribution in [0.2, 0.25) is 0 Å². The number of piperidine rings is 1. The average molecular weight is 306 g/mol. The molecule has 2 heterocycles. The van der Waals surface area contributed by atoms with Gasteiger partial charge in [-0.25, -0.2) is 8.42 Å². The molecule has 5 nitrogen and oxygen atoms in total. The third kappa shape index (κ3) is 2.49. The minimum absolute atomic E-state index is 0.187. The molecule has 21 heavy (non-hydrogen) atoms. The summed E-state index contributed by atoms with van der Waals surface area (Å²) in [5.74, 6) is 0.559. The Balaban J connectivity index is 2.12. The molecule has 0 radical (unpaired) electrons. The second kappa shape index (κ2) is 5.27. The maximum atomic E-state index is 12.8. The third-order valence-corrected chi connectivity index (χ3v) is 6.07. The number of benzene rings is 1. The Labute approximate surface area is 123 Å². The molecule has 0 unspecified atom stereocenters. The molecule has 1 saturated heterocycles. The van der Waals surface area contributed by atoms with Crippen molar-refractivity contribution >= 4 is 20.8 Å². The molecule has 3 rings (SSSR count). The zero-order valence-corrected chi connectivity index (χ0v) is 12.7. The van der Waals surface area contributed by atoms with Crippen molar-refractivity contribution in [1.82, 2.24) is 9.29 Å². The fraction of sp³-hybridized carbons (Fsp3) is 0.400. The number of pyridine rings is 1. The van der Waals surface area contributed by atoms with Gasteiger partial charge < -0.3 is 4.98 Å². The molecule has 1 fully saturated rings. The average Bonchev–Trinajstić information content (AvgIpc) is 2.48. The summed E-state index contributed by atoms with van der Waals surface area (Å²) in [6.07, 6.45) is 3.07. The van der Waals surface area contributed by atoms with E-state index in [4.69, 9.17) is 0 Å². The molecule has 0 bridgehead atoms. The molecule has 1 aliphatic rings. The predicted octanol–water partition coefficient (Wildman–Crippen LogP) is 1.95. The summed E-state index contributed by atoms with van der Waals surface area (Å²) in [5.41, 5.74) is -0.267. The van der Waals surface area contributed by atoms with Gasteiger partial charge in [-0.3, -0.25) is 4.79 Å². The first-order valence-corrected chi connectivity index (χ1v) is 8.55. The van der Waals surface area contributed by atoms with Crippen LogP contribution in [0.15, 0.2) is 40.2 Å². The third-order valence-electron chi connectivity index (χ3n) is 4.13. The number of aromatic amines is 1. The van der Waals surface area contributed by atoms with Crippen molar-refractivity contribution in [1.29, 1.82) is 0 Å². The summed E-state index contributed by atoms with van der Waals surface area (Å²) in [6.45, 7) is 3.22. The van der Waals surface area contributed by atoms with Crippen molar-refractivity contribution in [3.63, 3.8) is 0 Å². The zero-order valence-electron chi connectivity index (χ0n) is 11.9. The standard InChI is InChI=1S/C15H18N2O3S/c1-11-6-8-17(9-7-11)21(19,20)14-10-16-15(18)13-5-3-2-4-12(13)14/h2-5,10-11H,6-9H2,1H3,(H,16,18). The molecule has 0 amide bonds. The minimum Gasteiger partial charge on any atom is -0.327 e. The molecule has 2 aromatic rings. The van der Waals surface area contributed by atoms with E-state index in [0.29, 0.717) is 29.8 Å². The maximum absolute atomic E-state index is 12.8. The van der Waals surface area contributed by atoms with Crippen LogP contribution in [0.1, 0.15) is 19.8 Å². The summed E-state index contributed by atoms with van der Waals surface area (Å²) in [4.78, 5) is 14.5. The Hall–Kier alpha value is -1.66. The number of hydrogen-bond acceptors (Lipinski definition) is 3. The summed E-state index contributed by atoms with van der Waals surface area (Å²) < 4.78 is 27.2. The zero-order chi connectivity index (χ0) is 15.0. The van der Waals surface area contributed by atoms with E-state index in [9.17, 15) is 13.2 Å². The lowest BCUT2D eigenvalue weighted by molar-refractivity contribution is 0.288. The number of nitrogens with zero attached hydrogens (tertiary/aromatic N) is 1. The summed E-state index contributed by atoms with van der Waals surface area (Å²) >= 11 is 0. The Morgan fingerprint density at radius 1 is 1.14 bits per heavy atom. The molecule has 1 aromatic carbocycles. The van der Waals surface area contributed by atoms with Crippen molar-refractivity contribution in [2.75, 3.05) is 13.1 Å². The van der Waals surface area contributed by atoms with Crippen molar-refractivity contribution < 1.29 is 8.42 Å². The number of H-pyrrole nitrogens is 1. The van der Waals surface area contributed by atoms with Gasteiger partial charge in [-0.05, 0) is 24.8 Å². The molecule has 0 aliphatic carbocycles. The van der Waals surface area contributed by atoms with Crippen LogP contribution in [-0.4, -0.2) is 30.8 Å². The Kier molecular flexibility index (Phi) is 3.59. The fourth-order valence-corrected chi connectivity index (χ4v) is 4.39. The quantitative estimate of drug-likeness (QED) is 0.922. The number of fused-ring (bicyclic) bond motifs is 1. The molecule has 1 aromatic heterocycles. The molecule has 0 spiro atoms. The van der Waals surface area contributed by atoms with Crippen LogP contribution in [0.5, 0.6) is 0 Å². The second-order valence-corrected chi connectivity index (χ2v) is 7.52. The number of sulfonamides is 1. The highest BCUT2D eigenvalue weighted by Crippen LogP contribution is 2.26. The highest BCUT2D eigenvalue weighted by molar-refractivity contribution is 7.89. The van der Waals surface area contributed by atoms with E-state index in [2.05, 4.69) is 11.9 Å². The van der Waals surface area contributed by atoms with E-state index in [1.54, 1.807) is 24.3 Å². The van der Waals surface area contributed by atoms with Crippen LogP contribution < -0.4 is 5.56 Å². The molecule has 1 N–H and O–H groups in total. The summed E-state index contributed by atoms with van der Waals surface area (Å²) in [5, 5.41) is 0.892. The van der Waals surface area contributed by atoms with Crippen molar-refractivity contribution in [2.45, 2.75) is 24.7 Å². The lowest BCUT2D eigenvalue weighted by Gasteiger charge is -2.29. The van der Waals surface area contributed by atoms with E-state index >= 15 is 0 Å². The molecule has 0 atom stereocenters. The lowest BCUT2D eigenvalue weighted by Crippen LogP contribution is -2.38. The molecule has 0 saturated carbocycles. The van der Waals surface area contributed by atoms with Gasteiger partial charge in [0, 0.05) is 30.1 Å². The van der Waals surface area contributed by atoms with Crippen molar-refractivity contribution in [2.24, 2.45) is 5.92 Å². The Morgan fingerprint density at radius 3 is 2.43 bits per heavy atom. The predicted molar refractivity (Wildman–Crippen MR) is 81.7 cm³/mol. The topological polar surface area (TPSA) is 70.2 Å². The van der Waals surface area contributed by atoms with Gasteiger partial charge in [0.15, 0.2) is 0 Å². The van der Waals surface area contributed by atoms with Crippen LogP contribution in [0, 0.1) is 5.92 Å². The molecule has 112 valence electrons. The highest BCUT2D eigenvalue weighted by atomic mass is 32.2. The summed E-state index contributed by atoms with van der Waals surface area (Å²) in [7, 11) is -3.57. The van der Waals surface area contributed by atoms with Gasteiger partial charge in [0.2, 0.25) is 10.0 Å². The van der Waals surface area contributed by atoms with E-state index in [-0.39, 0.29) is 10.5 Å². The second-order valence-electron chi connectivity index (χ2n) is 5.61. The molecular weight excluding hydrogens is 288 g/mol. The van der Waals surface area contributed by atoms with Gasteiger partial charge in [0.25, 0.3) is 5.56 Å². The van der Waals surface area contributed by atoms with Gasteiger partial charge in [-0.1, -0.05) is 25.1 Å². The molecular formula is C15H18N2O3S. The fourth-order valence-electron chi connectivity index (χ4n) is 2.76. The van der Waals surface area contributed by atoms with Gasteiger partial charge in [0.1, 0.15) is 4.90 Å². The van der Waals surface area contributed by atoms with Crippen LogP contribution in [0.4, 0.5) is 0 Å². The number of nitrogens with one attached hydrogen (secondary N) is 1. The number of aromatic nitrogens is 1.